The van der Waals surface area contributed by atoms with Crippen molar-refractivity contribution in [2.45, 2.75) is 37.8 Å². The number of hydrogen-bond donors (Lipinski definition) is 2. The molecule has 0 bridgehead atoms. The minimum Gasteiger partial charge on any atom is -0.459 e. The Hall–Kier alpha value is -2.75. The summed E-state index contributed by atoms with van der Waals surface area (Å²) in [6.45, 7) is 1.23. The van der Waals surface area contributed by atoms with Gasteiger partial charge < -0.3 is 29.2 Å². The summed E-state index contributed by atoms with van der Waals surface area (Å²) in [4.78, 5) is 35.4. The van der Waals surface area contributed by atoms with Crippen LogP contribution in [0.25, 0.3) is 0 Å². The zero-order chi connectivity index (χ0) is 21.4. The van der Waals surface area contributed by atoms with Crippen molar-refractivity contribution in [2.75, 3.05) is 19.8 Å². The third-order valence-electron chi connectivity index (χ3n) is 4.19. The zero-order valence-corrected chi connectivity index (χ0v) is 16.1. The van der Waals surface area contributed by atoms with Crippen molar-refractivity contribution in [2.24, 2.45) is 0 Å². The first-order valence-corrected chi connectivity index (χ1v) is 8.97. The predicted octanol–water partition coefficient (Wildman–Crippen LogP) is 0.385. The minimum absolute atomic E-state index is 0.130. The fraction of sp³-hybridized carbons (Fsp3) is 0.450. The largest absolute Gasteiger partial charge is 0.459 e. The van der Waals surface area contributed by atoms with Crippen LogP contribution >= 0.6 is 0 Å². The summed E-state index contributed by atoms with van der Waals surface area (Å²) in [5.74, 6) is -2.11. The highest BCUT2D eigenvalue weighted by Crippen LogP contribution is 2.32. The van der Waals surface area contributed by atoms with Crippen LogP contribution in [0, 0.1) is 0 Å². The van der Waals surface area contributed by atoms with E-state index in [9.17, 15) is 19.5 Å². The number of aliphatic hydroxyl groups is 2. The van der Waals surface area contributed by atoms with Crippen molar-refractivity contribution in [3.05, 3.63) is 48.0 Å². The van der Waals surface area contributed by atoms with Crippen molar-refractivity contribution < 1.29 is 43.5 Å². The standard InChI is InChI=1S/C20H24O9/c1-13(22)28-16-8-9-17(26-11-10-21)20(25,18(16)29-14(2)23)12-27-19(24)15-6-4-3-5-7-15/h3-9,16-18,21,25H,10-12H2,1-2H3/t16-,17+,18-,20+/m1/s1. The molecule has 0 aliphatic heterocycles. The van der Waals surface area contributed by atoms with Crippen LogP contribution in [0.5, 0.6) is 0 Å². The van der Waals surface area contributed by atoms with Gasteiger partial charge in [0.25, 0.3) is 0 Å². The SMILES string of the molecule is CC(=O)O[C@@H]1[C@H](OC(C)=O)C=C[C@H](OCCO)[C@@]1(O)COC(=O)c1ccccc1. The van der Waals surface area contributed by atoms with Gasteiger partial charge in [-0.2, -0.15) is 0 Å². The molecule has 0 saturated carbocycles. The lowest BCUT2D eigenvalue weighted by molar-refractivity contribution is -0.218. The van der Waals surface area contributed by atoms with E-state index in [1.165, 1.54) is 31.2 Å². The first-order valence-electron chi connectivity index (χ1n) is 8.97. The third kappa shape index (κ3) is 5.86. The van der Waals surface area contributed by atoms with Crippen LogP contribution in [0.1, 0.15) is 24.2 Å². The molecule has 0 unspecified atom stereocenters. The van der Waals surface area contributed by atoms with Gasteiger partial charge in [0.2, 0.25) is 0 Å². The molecule has 1 aliphatic rings. The smallest absolute Gasteiger partial charge is 0.338 e. The van der Waals surface area contributed by atoms with Gasteiger partial charge in [-0.05, 0) is 18.2 Å². The molecule has 4 atom stereocenters. The summed E-state index contributed by atoms with van der Waals surface area (Å²) in [5, 5.41) is 20.4. The molecule has 9 heteroatoms. The highest BCUT2D eigenvalue weighted by atomic mass is 16.6. The number of hydrogen-bond acceptors (Lipinski definition) is 9. The van der Waals surface area contributed by atoms with Crippen molar-refractivity contribution in [3.8, 4) is 0 Å². The van der Waals surface area contributed by atoms with E-state index in [0.717, 1.165) is 6.92 Å². The lowest BCUT2D eigenvalue weighted by Crippen LogP contribution is -2.63. The number of ether oxygens (including phenoxy) is 4. The number of carbonyl (C=O) groups excluding carboxylic acids is 3. The Balaban J connectivity index is 2.31. The molecule has 2 rings (SSSR count). The van der Waals surface area contributed by atoms with E-state index >= 15 is 0 Å². The lowest BCUT2D eigenvalue weighted by atomic mass is 9.82. The molecule has 1 aromatic rings. The highest BCUT2D eigenvalue weighted by molar-refractivity contribution is 5.89. The summed E-state index contributed by atoms with van der Waals surface area (Å²) in [5.41, 5.74) is -1.81. The molecule has 0 heterocycles. The van der Waals surface area contributed by atoms with E-state index in [4.69, 9.17) is 24.1 Å². The Labute approximate surface area is 167 Å². The topological polar surface area (TPSA) is 129 Å². The molecule has 0 amide bonds. The monoisotopic (exact) mass is 408 g/mol. The number of benzene rings is 1. The van der Waals surface area contributed by atoms with Gasteiger partial charge in [0.15, 0.2) is 17.8 Å². The predicted molar refractivity (Wildman–Crippen MR) is 98.7 cm³/mol. The molecule has 0 radical (unpaired) electrons. The number of rotatable bonds is 8. The van der Waals surface area contributed by atoms with Crippen LogP contribution in [0.15, 0.2) is 42.5 Å². The second kappa shape index (κ2) is 10.1. The Morgan fingerprint density at radius 3 is 2.28 bits per heavy atom. The van der Waals surface area contributed by atoms with Crippen LogP contribution in [0.2, 0.25) is 0 Å². The molecule has 29 heavy (non-hydrogen) atoms. The summed E-state index contributed by atoms with van der Waals surface area (Å²) < 4.78 is 21.0. The van der Waals surface area contributed by atoms with E-state index in [1.807, 2.05) is 0 Å². The number of carbonyl (C=O) groups is 3. The van der Waals surface area contributed by atoms with Crippen molar-refractivity contribution in [1.29, 1.82) is 0 Å². The fourth-order valence-corrected chi connectivity index (χ4v) is 2.95. The average molecular weight is 408 g/mol. The lowest BCUT2D eigenvalue weighted by Gasteiger charge is -2.43. The summed E-state index contributed by atoms with van der Waals surface area (Å²) in [6, 6.07) is 8.12. The van der Waals surface area contributed by atoms with E-state index in [0.29, 0.717) is 0 Å². The number of esters is 3. The van der Waals surface area contributed by atoms with Crippen molar-refractivity contribution in [3.63, 3.8) is 0 Å². The van der Waals surface area contributed by atoms with Crippen LogP contribution < -0.4 is 0 Å². The first-order chi connectivity index (χ1) is 13.8. The van der Waals surface area contributed by atoms with E-state index < -0.39 is 48.4 Å². The Morgan fingerprint density at radius 2 is 1.69 bits per heavy atom. The minimum atomic E-state index is -2.07. The van der Waals surface area contributed by atoms with Gasteiger partial charge in [-0.1, -0.05) is 24.3 Å². The molecular formula is C20H24O9. The fourth-order valence-electron chi connectivity index (χ4n) is 2.95. The molecule has 0 fully saturated rings. The van der Waals surface area contributed by atoms with Crippen molar-refractivity contribution >= 4 is 17.9 Å². The molecule has 2 N–H and O–H groups in total. The molecule has 9 nitrogen and oxygen atoms in total. The van der Waals surface area contributed by atoms with E-state index in [-0.39, 0.29) is 18.8 Å². The summed E-state index contributed by atoms with van der Waals surface area (Å²) in [7, 11) is 0. The maximum Gasteiger partial charge on any atom is 0.338 e. The zero-order valence-electron chi connectivity index (χ0n) is 16.1. The average Bonchev–Trinajstić information content (AvgIpc) is 2.68. The second-order valence-electron chi connectivity index (χ2n) is 6.44. The second-order valence-corrected chi connectivity index (χ2v) is 6.44. The van der Waals surface area contributed by atoms with Crippen molar-refractivity contribution in [1.82, 2.24) is 0 Å². The summed E-state index contributed by atoms with van der Waals surface area (Å²) in [6.07, 6.45) is -0.814. The first kappa shape index (κ1) is 22.5. The molecule has 158 valence electrons. The Morgan fingerprint density at radius 1 is 1.03 bits per heavy atom. The van der Waals surface area contributed by atoms with E-state index in [2.05, 4.69) is 0 Å². The normalized spacial score (nSPS) is 25.9. The molecule has 0 aromatic heterocycles. The van der Waals surface area contributed by atoms with Gasteiger partial charge >= 0.3 is 17.9 Å². The molecule has 1 aliphatic carbocycles. The molecular weight excluding hydrogens is 384 g/mol. The van der Waals surface area contributed by atoms with Gasteiger partial charge in [-0.15, -0.1) is 0 Å². The maximum atomic E-state index is 12.3. The van der Waals surface area contributed by atoms with Gasteiger partial charge in [0.1, 0.15) is 12.7 Å². The van der Waals surface area contributed by atoms with Gasteiger partial charge in [-0.3, -0.25) is 9.59 Å². The van der Waals surface area contributed by atoms with Gasteiger partial charge in [0.05, 0.1) is 18.8 Å². The molecule has 0 saturated heterocycles. The van der Waals surface area contributed by atoms with E-state index in [1.54, 1.807) is 18.2 Å². The third-order valence-corrected chi connectivity index (χ3v) is 4.19. The quantitative estimate of drug-likeness (QED) is 0.356. The molecule has 1 aromatic carbocycles. The van der Waals surface area contributed by atoms with Crippen LogP contribution in [-0.4, -0.2) is 71.9 Å². The van der Waals surface area contributed by atoms with Crippen LogP contribution in [0.4, 0.5) is 0 Å². The Kier molecular flexibility index (Phi) is 7.89. The highest BCUT2D eigenvalue weighted by Gasteiger charge is 2.54. The van der Waals surface area contributed by atoms with Crippen LogP contribution in [-0.2, 0) is 28.5 Å². The Bertz CT molecular complexity index is 746. The number of aliphatic hydroxyl groups excluding tert-OH is 1. The molecule has 0 spiro atoms. The summed E-state index contributed by atoms with van der Waals surface area (Å²) >= 11 is 0. The van der Waals surface area contributed by atoms with Gasteiger partial charge in [0, 0.05) is 13.8 Å². The maximum absolute atomic E-state index is 12.3. The van der Waals surface area contributed by atoms with Crippen LogP contribution in [0.3, 0.4) is 0 Å². The van der Waals surface area contributed by atoms with Gasteiger partial charge in [-0.25, -0.2) is 4.79 Å².